The summed E-state index contributed by atoms with van der Waals surface area (Å²) in [5, 5.41) is 2.63. The summed E-state index contributed by atoms with van der Waals surface area (Å²) in [5.74, 6) is -0.778. The van der Waals surface area contributed by atoms with Crippen LogP contribution in [0.1, 0.15) is 12.0 Å². The molecular formula is C12H11Cl2NO2. The van der Waals surface area contributed by atoms with Crippen molar-refractivity contribution in [1.29, 1.82) is 0 Å². The van der Waals surface area contributed by atoms with Gasteiger partial charge >= 0.3 is 0 Å². The molecule has 1 aromatic carbocycles. The topological polar surface area (TPSA) is 46.2 Å². The van der Waals surface area contributed by atoms with Crippen LogP contribution in [0.4, 0.5) is 0 Å². The van der Waals surface area contributed by atoms with Gasteiger partial charge in [-0.2, -0.15) is 0 Å². The van der Waals surface area contributed by atoms with Crippen LogP contribution in [0.15, 0.2) is 40.9 Å². The second kappa shape index (κ2) is 7.09. The molecule has 3 nitrogen and oxygen atoms in total. The number of ketones is 1. The SMILES string of the molecule is O=C(C=C(Cl)Cl)CC(=O)NCc1ccccc1. The molecule has 0 heterocycles. The van der Waals surface area contributed by atoms with E-state index in [1.54, 1.807) is 0 Å². The number of benzene rings is 1. The molecule has 0 spiro atoms. The van der Waals surface area contributed by atoms with Crippen molar-refractivity contribution in [2.75, 3.05) is 0 Å². The minimum Gasteiger partial charge on any atom is -0.352 e. The molecule has 0 saturated carbocycles. The molecule has 0 aromatic heterocycles. The van der Waals surface area contributed by atoms with Gasteiger partial charge in [0.15, 0.2) is 5.78 Å². The summed E-state index contributed by atoms with van der Waals surface area (Å²) in [6.45, 7) is 0.394. The number of hydrogen-bond donors (Lipinski definition) is 1. The van der Waals surface area contributed by atoms with Crippen LogP contribution in [0.2, 0.25) is 0 Å². The van der Waals surface area contributed by atoms with Crippen LogP contribution in [-0.4, -0.2) is 11.7 Å². The average molecular weight is 272 g/mol. The molecule has 0 unspecified atom stereocenters. The summed E-state index contributed by atoms with van der Waals surface area (Å²) >= 11 is 10.6. The molecule has 17 heavy (non-hydrogen) atoms. The largest absolute Gasteiger partial charge is 0.352 e. The van der Waals surface area contributed by atoms with E-state index in [4.69, 9.17) is 23.2 Å². The molecule has 0 saturated heterocycles. The third-order valence-corrected chi connectivity index (χ3v) is 2.16. The van der Waals surface area contributed by atoms with E-state index in [9.17, 15) is 9.59 Å². The fourth-order valence-electron chi connectivity index (χ4n) is 1.19. The van der Waals surface area contributed by atoms with Gasteiger partial charge < -0.3 is 5.32 Å². The van der Waals surface area contributed by atoms with Gasteiger partial charge in [-0.1, -0.05) is 53.5 Å². The minimum absolute atomic E-state index is 0.147. The van der Waals surface area contributed by atoms with E-state index in [2.05, 4.69) is 5.32 Å². The predicted octanol–water partition coefficient (Wildman–Crippen LogP) is 2.58. The van der Waals surface area contributed by atoms with Crippen molar-refractivity contribution in [3.63, 3.8) is 0 Å². The first-order chi connectivity index (χ1) is 8.08. The lowest BCUT2D eigenvalue weighted by Crippen LogP contribution is -2.24. The van der Waals surface area contributed by atoms with Crippen LogP contribution < -0.4 is 5.32 Å². The zero-order valence-corrected chi connectivity index (χ0v) is 10.5. The molecule has 5 heteroatoms. The fourth-order valence-corrected chi connectivity index (χ4v) is 1.43. The quantitative estimate of drug-likeness (QED) is 0.661. The lowest BCUT2D eigenvalue weighted by atomic mass is 10.2. The molecule has 1 N–H and O–H groups in total. The Balaban J connectivity index is 2.36. The summed E-state index contributed by atoms with van der Waals surface area (Å²) in [4.78, 5) is 22.5. The van der Waals surface area contributed by atoms with Crippen LogP contribution in [0, 0.1) is 0 Å². The monoisotopic (exact) mass is 271 g/mol. The molecule has 0 aliphatic carbocycles. The first-order valence-corrected chi connectivity index (χ1v) is 5.69. The Hall–Kier alpha value is -1.32. The zero-order valence-electron chi connectivity index (χ0n) is 8.95. The zero-order chi connectivity index (χ0) is 12.7. The van der Waals surface area contributed by atoms with E-state index in [0.717, 1.165) is 11.6 Å². The highest BCUT2D eigenvalue weighted by atomic mass is 35.5. The van der Waals surface area contributed by atoms with Gasteiger partial charge in [0.1, 0.15) is 4.49 Å². The van der Waals surface area contributed by atoms with Crippen molar-refractivity contribution in [1.82, 2.24) is 5.32 Å². The molecule has 90 valence electrons. The number of carbonyl (C=O) groups is 2. The minimum atomic E-state index is -0.421. The molecule has 0 atom stereocenters. The van der Waals surface area contributed by atoms with Crippen molar-refractivity contribution in [3.8, 4) is 0 Å². The highest BCUT2D eigenvalue weighted by Gasteiger charge is 2.07. The fraction of sp³-hybridized carbons (Fsp3) is 0.167. The van der Waals surface area contributed by atoms with E-state index in [0.29, 0.717) is 6.54 Å². The first-order valence-electron chi connectivity index (χ1n) is 4.94. The number of allylic oxidation sites excluding steroid dienone is 1. The molecule has 1 amide bonds. The lowest BCUT2D eigenvalue weighted by Gasteiger charge is -2.03. The first kappa shape index (κ1) is 13.7. The van der Waals surface area contributed by atoms with Gasteiger partial charge in [0.2, 0.25) is 5.91 Å². The van der Waals surface area contributed by atoms with Gasteiger partial charge in [0.25, 0.3) is 0 Å². The molecule has 0 fully saturated rings. The highest BCUT2D eigenvalue weighted by molar-refractivity contribution is 6.56. The molecule has 0 bridgehead atoms. The highest BCUT2D eigenvalue weighted by Crippen LogP contribution is 2.06. The summed E-state index contributed by atoms with van der Waals surface area (Å²) in [5.41, 5.74) is 0.971. The van der Waals surface area contributed by atoms with Crippen molar-refractivity contribution in [3.05, 3.63) is 46.5 Å². The van der Waals surface area contributed by atoms with Gasteiger partial charge in [0, 0.05) is 12.6 Å². The van der Waals surface area contributed by atoms with Crippen LogP contribution in [0.5, 0.6) is 0 Å². The number of halogens is 2. The van der Waals surface area contributed by atoms with Gasteiger partial charge in [-0.05, 0) is 5.56 Å². The van der Waals surface area contributed by atoms with Crippen molar-refractivity contribution in [2.45, 2.75) is 13.0 Å². The summed E-state index contributed by atoms with van der Waals surface area (Å²) in [7, 11) is 0. The Kier molecular flexibility index (Phi) is 5.73. The van der Waals surface area contributed by atoms with Crippen LogP contribution in [-0.2, 0) is 16.1 Å². The van der Waals surface area contributed by atoms with Gasteiger partial charge in [-0.15, -0.1) is 0 Å². The standard InChI is InChI=1S/C12H11Cl2NO2/c13-11(14)6-10(16)7-12(17)15-8-9-4-2-1-3-5-9/h1-6H,7-8H2,(H,15,17). The Bertz CT molecular complexity index is 425. The smallest absolute Gasteiger partial charge is 0.228 e. The third kappa shape index (κ3) is 6.09. The van der Waals surface area contributed by atoms with E-state index >= 15 is 0 Å². The molecule has 0 aliphatic rings. The van der Waals surface area contributed by atoms with Crippen LogP contribution >= 0.6 is 23.2 Å². The maximum atomic E-state index is 11.4. The average Bonchev–Trinajstić information content (AvgIpc) is 2.26. The van der Waals surface area contributed by atoms with Crippen molar-refractivity contribution < 1.29 is 9.59 Å². The number of rotatable bonds is 5. The molecular weight excluding hydrogens is 261 g/mol. The van der Waals surface area contributed by atoms with Gasteiger partial charge in [-0.25, -0.2) is 0 Å². The summed E-state index contributed by atoms with van der Waals surface area (Å²) in [6.07, 6.45) is 0.765. The van der Waals surface area contributed by atoms with Crippen LogP contribution in [0.25, 0.3) is 0 Å². The molecule has 0 radical (unpaired) electrons. The second-order valence-electron chi connectivity index (χ2n) is 3.34. The van der Waals surface area contributed by atoms with Crippen LogP contribution in [0.3, 0.4) is 0 Å². The maximum Gasteiger partial charge on any atom is 0.228 e. The summed E-state index contributed by atoms with van der Waals surface area (Å²) in [6, 6.07) is 9.42. The van der Waals surface area contributed by atoms with Crippen molar-refractivity contribution >= 4 is 34.9 Å². The van der Waals surface area contributed by atoms with Crippen molar-refractivity contribution in [2.24, 2.45) is 0 Å². The Labute approximate surface area is 109 Å². The van der Waals surface area contributed by atoms with E-state index in [1.165, 1.54) is 0 Å². The van der Waals surface area contributed by atoms with Gasteiger partial charge in [0.05, 0.1) is 6.42 Å². The lowest BCUT2D eigenvalue weighted by molar-refractivity contribution is -0.126. The second-order valence-corrected chi connectivity index (χ2v) is 4.35. The number of hydrogen-bond acceptors (Lipinski definition) is 2. The van der Waals surface area contributed by atoms with E-state index < -0.39 is 5.78 Å². The van der Waals surface area contributed by atoms with Gasteiger partial charge in [-0.3, -0.25) is 9.59 Å². The normalized spacial score (nSPS) is 9.53. The molecule has 1 aromatic rings. The Morgan fingerprint density at radius 1 is 1.18 bits per heavy atom. The molecule has 0 aliphatic heterocycles. The van der Waals surface area contributed by atoms with E-state index in [1.807, 2.05) is 30.3 Å². The summed E-state index contributed by atoms with van der Waals surface area (Å²) < 4.78 is -0.147. The molecule has 1 rings (SSSR count). The number of carbonyl (C=O) groups excluding carboxylic acids is 2. The maximum absolute atomic E-state index is 11.4. The van der Waals surface area contributed by atoms with E-state index in [-0.39, 0.29) is 16.8 Å². The predicted molar refractivity (Wildman–Crippen MR) is 67.7 cm³/mol. The Morgan fingerprint density at radius 2 is 1.82 bits per heavy atom. The Morgan fingerprint density at radius 3 is 2.41 bits per heavy atom. The third-order valence-electron chi connectivity index (χ3n) is 1.94. The number of amides is 1. The number of nitrogens with one attached hydrogen (secondary N) is 1.